The minimum atomic E-state index is -0.487. The van der Waals surface area contributed by atoms with Crippen molar-refractivity contribution < 1.29 is 14.2 Å². The first-order valence-corrected chi connectivity index (χ1v) is 8.84. The van der Waals surface area contributed by atoms with Crippen LogP contribution in [0.1, 0.15) is 5.56 Å². The summed E-state index contributed by atoms with van der Waals surface area (Å²) in [5.74, 6) is 0.675. The van der Waals surface area contributed by atoms with E-state index in [1.54, 1.807) is 0 Å². The summed E-state index contributed by atoms with van der Waals surface area (Å²) in [7, 11) is 1.99. The maximum absolute atomic E-state index is 12.1. The van der Waals surface area contributed by atoms with E-state index in [1.807, 2.05) is 49.6 Å². The van der Waals surface area contributed by atoms with E-state index >= 15 is 0 Å². The van der Waals surface area contributed by atoms with Gasteiger partial charge in [-0.05, 0) is 42.3 Å². The van der Waals surface area contributed by atoms with E-state index < -0.39 is 12.8 Å². The molecule has 138 valence electrons. The third kappa shape index (κ3) is 4.84. The van der Waals surface area contributed by atoms with E-state index in [2.05, 4.69) is 27.7 Å². The molecule has 0 spiro atoms. The molecule has 0 radical (unpaired) electrons. The number of nitrogens with zero attached hydrogens (tertiary/aromatic N) is 2. The molecule has 1 N–H and O–H groups in total. The highest BCUT2D eigenvalue weighted by Gasteiger charge is 2.11. The van der Waals surface area contributed by atoms with Gasteiger partial charge in [-0.25, -0.2) is 4.39 Å². The quantitative estimate of drug-likeness (QED) is 0.638. The smallest absolute Gasteiger partial charge is 0.123 e. The Morgan fingerprint density at radius 2 is 1.88 bits per heavy atom. The third-order valence-electron chi connectivity index (χ3n) is 4.33. The van der Waals surface area contributed by atoms with Gasteiger partial charge < -0.3 is 14.4 Å². The Labute approximate surface area is 153 Å². The fourth-order valence-electron chi connectivity index (χ4n) is 3.17. The summed E-state index contributed by atoms with van der Waals surface area (Å²) in [6, 6.07) is 17.9. The second-order valence-electron chi connectivity index (χ2n) is 6.56. The molecule has 0 aliphatic carbocycles. The number of aliphatic hydroxyl groups is 1. The average molecular weight is 356 g/mol. The number of hydrogen-bond donors (Lipinski definition) is 1. The van der Waals surface area contributed by atoms with E-state index in [0.717, 1.165) is 17.6 Å². The Kier molecular flexibility index (Phi) is 6.26. The maximum Gasteiger partial charge on any atom is 0.123 e. The van der Waals surface area contributed by atoms with Gasteiger partial charge in [-0.2, -0.15) is 0 Å². The maximum atomic E-state index is 12.1. The molecule has 1 heterocycles. The van der Waals surface area contributed by atoms with Crippen molar-refractivity contribution in [2.45, 2.75) is 19.2 Å². The molecule has 3 aromatic rings. The molecule has 2 aromatic carbocycles. The van der Waals surface area contributed by atoms with Crippen LogP contribution in [-0.4, -0.2) is 47.6 Å². The number of likely N-dealkylation sites (N-methyl/N-ethyl adjacent to an activating group) is 1. The molecule has 0 saturated heterocycles. The summed E-state index contributed by atoms with van der Waals surface area (Å²) in [4.78, 5) is 2.09. The first-order chi connectivity index (χ1) is 12.7. The van der Waals surface area contributed by atoms with E-state index in [0.29, 0.717) is 18.8 Å². The molecule has 0 aliphatic heterocycles. The van der Waals surface area contributed by atoms with E-state index in [-0.39, 0.29) is 6.61 Å². The minimum Gasteiger partial charge on any atom is -0.491 e. The van der Waals surface area contributed by atoms with Crippen LogP contribution < -0.4 is 4.74 Å². The van der Waals surface area contributed by atoms with Crippen LogP contribution >= 0.6 is 0 Å². The number of para-hydroxylation sites is 1. The molecule has 0 saturated carbocycles. The highest BCUT2D eigenvalue weighted by atomic mass is 19.1. The van der Waals surface area contributed by atoms with Crippen LogP contribution in [0.15, 0.2) is 60.8 Å². The molecular formula is C21H25FN2O2. The number of alkyl halides is 1. The van der Waals surface area contributed by atoms with E-state index in [9.17, 15) is 9.50 Å². The zero-order chi connectivity index (χ0) is 18.4. The van der Waals surface area contributed by atoms with Crippen molar-refractivity contribution in [1.29, 1.82) is 0 Å². The lowest BCUT2D eigenvalue weighted by atomic mass is 10.2. The van der Waals surface area contributed by atoms with Gasteiger partial charge in [0.25, 0.3) is 0 Å². The summed E-state index contributed by atoms with van der Waals surface area (Å²) < 4.78 is 19.4. The number of ether oxygens (including phenoxy) is 1. The number of aromatic nitrogens is 1. The summed E-state index contributed by atoms with van der Waals surface area (Å²) in [6.45, 7) is 1.46. The second kappa shape index (κ2) is 8.83. The summed E-state index contributed by atoms with van der Waals surface area (Å²) in [5, 5.41) is 11.6. The lowest BCUT2D eigenvalue weighted by Crippen LogP contribution is -2.31. The van der Waals surface area contributed by atoms with Crippen LogP contribution in [0.3, 0.4) is 0 Å². The molecule has 0 unspecified atom stereocenters. The number of benzene rings is 2. The summed E-state index contributed by atoms with van der Waals surface area (Å²) in [5.41, 5.74) is 2.26. The zero-order valence-corrected chi connectivity index (χ0v) is 15.0. The number of aliphatic hydroxyl groups excluding tert-OH is 1. The lowest BCUT2D eigenvalue weighted by Gasteiger charge is -2.21. The second-order valence-corrected chi connectivity index (χ2v) is 6.56. The van der Waals surface area contributed by atoms with Crippen molar-refractivity contribution in [3.05, 3.63) is 66.4 Å². The van der Waals surface area contributed by atoms with Gasteiger partial charge in [0.05, 0.1) is 6.10 Å². The molecular weight excluding hydrogens is 331 g/mol. The van der Waals surface area contributed by atoms with Crippen molar-refractivity contribution in [2.75, 3.05) is 26.9 Å². The van der Waals surface area contributed by atoms with Crippen molar-refractivity contribution in [3.8, 4) is 5.75 Å². The average Bonchev–Trinajstić information content (AvgIpc) is 3.04. The van der Waals surface area contributed by atoms with Gasteiger partial charge in [0, 0.05) is 31.3 Å². The van der Waals surface area contributed by atoms with E-state index in [1.165, 1.54) is 5.39 Å². The highest BCUT2D eigenvalue weighted by Crippen LogP contribution is 2.16. The number of rotatable bonds is 9. The third-order valence-corrected chi connectivity index (χ3v) is 4.33. The van der Waals surface area contributed by atoms with Crippen molar-refractivity contribution in [2.24, 2.45) is 0 Å². The first-order valence-electron chi connectivity index (χ1n) is 8.84. The number of hydrogen-bond acceptors (Lipinski definition) is 3. The van der Waals surface area contributed by atoms with Crippen LogP contribution in [-0.2, 0) is 13.1 Å². The lowest BCUT2D eigenvalue weighted by molar-refractivity contribution is 0.108. The van der Waals surface area contributed by atoms with Crippen molar-refractivity contribution >= 4 is 10.9 Å². The Morgan fingerprint density at radius 1 is 1.12 bits per heavy atom. The molecule has 0 amide bonds. The summed E-state index contributed by atoms with van der Waals surface area (Å²) in [6.07, 6.45) is 1.56. The standard InChI is InChI=1S/C21H25FN2O2/c1-23(14-17-6-8-20(9-7-17)26-13-11-22)15-19(25)16-24-12-10-18-4-2-3-5-21(18)24/h2-10,12,19,25H,11,13-16H2,1H3/t19-/m1/s1. The Hall–Kier alpha value is -2.37. The van der Waals surface area contributed by atoms with Gasteiger partial charge in [-0.3, -0.25) is 4.90 Å². The van der Waals surface area contributed by atoms with Crippen LogP contribution in [0.2, 0.25) is 0 Å². The predicted octanol–water partition coefficient (Wildman–Crippen LogP) is 3.48. The summed E-state index contributed by atoms with van der Waals surface area (Å²) >= 11 is 0. The largest absolute Gasteiger partial charge is 0.491 e. The number of fused-ring (bicyclic) bond motifs is 1. The van der Waals surface area contributed by atoms with Crippen LogP contribution in [0.5, 0.6) is 5.75 Å². The van der Waals surface area contributed by atoms with Crippen molar-refractivity contribution in [1.82, 2.24) is 9.47 Å². The Morgan fingerprint density at radius 3 is 2.65 bits per heavy atom. The van der Waals surface area contributed by atoms with Gasteiger partial charge in [-0.1, -0.05) is 30.3 Å². The van der Waals surface area contributed by atoms with Crippen LogP contribution in [0.25, 0.3) is 10.9 Å². The fourth-order valence-corrected chi connectivity index (χ4v) is 3.17. The van der Waals surface area contributed by atoms with Gasteiger partial charge in [0.15, 0.2) is 0 Å². The van der Waals surface area contributed by atoms with Crippen molar-refractivity contribution in [3.63, 3.8) is 0 Å². The fraction of sp³-hybridized carbons (Fsp3) is 0.333. The first kappa shape index (κ1) is 18.4. The van der Waals surface area contributed by atoms with Gasteiger partial charge >= 0.3 is 0 Å². The molecule has 3 rings (SSSR count). The molecule has 26 heavy (non-hydrogen) atoms. The molecule has 4 nitrogen and oxygen atoms in total. The minimum absolute atomic E-state index is 0.0829. The molecule has 0 fully saturated rings. The SMILES string of the molecule is CN(Cc1ccc(OCCF)cc1)C[C@@H](O)Cn1ccc2ccccc21. The van der Waals surface area contributed by atoms with Gasteiger partial charge in [0.1, 0.15) is 19.0 Å². The molecule has 1 aromatic heterocycles. The van der Waals surface area contributed by atoms with Gasteiger partial charge in [-0.15, -0.1) is 0 Å². The van der Waals surface area contributed by atoms with E-state index in [4.69, 9.17) is 4.74 Å². The normalized spacial score (nSPS) is 12.6. The monoisotopic (exact) mass is 356 g/mol. The molecule has 5 heteroatoms. The number of halogens is 1. The van der Waals surface area contributed by atoms with Crippen LogP contribution in [0, 0.1) is 0 Å². The Bertz CT molecular complexity index is 816. The molecule has 1 atom stereocenters. The van der Waals surface area contributed by atoms with Gasteiger partial charge in [0.2, 0.25) is 0 Å². The topological polar surface area (TPSA) is 37.6 Å². The Balaban J connectivity index is 1.51. The predicted molar refractivity (Wildman–Crippen MR) is 102 cm³/mol. The zero-order valence-electron chi connectivity index (χ0n) is 15.0. The van der Waals surface area contributed by atoms with Crippen LogP contribution in [0.4, 0.5) is 4.39 Å². The highest BCUT2D eigenvalue weighted by molar-refractivity contribution is 5.79. The molecule has 0 aliphatic rings. The molecule has 0 bridgehead atoms.